The van der Waals surface area contributed by atoms with Crippen molar-refractivity contribution in [3.63, 3.8) is 0 Å². The number of aliphatic imine (C=N–C) groups is 2. The standard InChI is InChI=1S/C34H38N2O2.2C2H4O2.Co/c1-21(2)11-25-13-23(5)33(37)29(15-25)19-35-31-17-27-9-7-8-10-28(27)18-32(31)36-20-30-16-26(12-22(3)4)14-24(6)34(30)38;2*1-2(3)4;/h7-10,13-22,37-38H,11-12H2,1-6H3;2*1H3,(H,3,4);/q;;;+2/p-2. The number of aryl methyl sites for hydroxylation is 2. The second-order valence-electron chi connectivity index (χ2n) is 12.1. The molecule has 0 spiro atoms. The van der Waals surface area contributed by atoms with Gasteiger partial charge in [-0.2, -0.15) is 0 Å². The minimum absolute atomic E-state index is 0. The van der Waals surface area contributed by atoms with E-state index in [1.165, 1.54) is 11.1 Å². The van der Waals surface area contributed by atoms with Gasteiger partial charge in [0.15, 0.2) is 0 Å². The van der Waals surface area contributed by atoms with Crippen LogP contribution >= 0.6 is 0 Å². The number of nitrogens with zero attached hydrogens (tertiary/aromatic N) is 2. The Labute approximate surface area is 288 Å². The third kappa shape index (κ3) is 13.8. The van der Waals surface area contributed by atoms with E-state index in [9.17, 15) is 10.2 Å². The van der Waals surface area contributed by atoms with Gasteiger partial charge in [-0.3, -0.25) is 9.98 Å². The zero-order valence-corrected chi connectivity index (χ0v) is 29.3. The Kier molecular flexibility index (Phi) is 16.6. The van der Waals surface area contributed by atoms with Crippen molar-refractivity contribution < 1.29 is 46.8 Å². The monoisotopic (exact) mass is 683 g/mol. The second kappa shape index (κ2) is 19.2. The molecule has 0 saturated heterocycles. The third-order valence-electron chi connectivity index (χ3n) is 6.60. The first-order valence-corrected chi connectivity index (χ1v) is 15.2. The number of carboxylic acids is 2. The minimum Gasteiger partial charge on any atom is -0.550 e. The Hall–Kier alpha value is -4.47. The molecule has 0 amide bonds. The first-order valence-electron chi connectivity index (χ1n) is 15.2. The smallest absolute Gasteiger partial charge is 0.550 e. The van der Waals surface area contributed by atoms with Crippen LogP contribution in [-0.4, -0.2) is 34.6 Å². The second-order valence-corrected chi connectivity index (χ2v) is 12.1. The van der Waals surface area contributed by atoms with Crippen LogP contribution in [0.2, 0.25) is 0 Å². The molecular formula is C38H44CoN2O6. The number of aliphatic carboxylic acids is 2. The number of hydrogen-bond donors (Lipinski definition) is 2. The van der Waals surface area contributed by atoms with Crippen molar-refractivity contribution in [1.82, 2.24) is 0 Å². The largest absolute Gasteiger partial charge is 2.00 e. The van der Waals surface area contributed by atoms with E-state index in [0.29, 0.717) is 34.3 Å². The first-order chi connectivity index (χ1) is 21.6. The van der Waals surface area contributed by atoms with Gasteiger partial charge in [0.1, 0.15) is 11.5 Å². The number of aromatic hydroxyl groups is 2. The van der Waals surface area contributed by atoms with Crippen molar-refractivity contribution in [2.45, 2.75) is 68.2 Å². The maximum Gasteiger partial charge on any atom is 2.00 e. The van der Waals surface area contributed by atoms with Gasteiger partial charge in [0, 0.05) is 35.5 Å². The maximum absolute atomic E-state index is 10.7. The summed E-state index contributed by atoms with van der Waals surface area (Å²) in [6.45, 7) is 14.5. The van der Waals surface area contributed by atoms with Crippen molar-refractivity contribution in [2.75, 3.05) is 0 Å². The molecule has 0 aliphatic heterocycles. The molecule has 2 N–H and O–H groups in total. The van der Waals surface area contributed by atoms with E-state index in [1.54, 1.807) is 12.4 Å². The van der Waals surface area contributed by atoms with E-state index >= 15 is 0 Å². The topological polar surface area (TPSA) is 145 Å². The molecule has 0 aliphatic carbocycles. The van der Waals surface area contributed by atoms with E-state index in [1.807, 2.05) is 62.4 Å². The summed E-state index contributed by atoms with van der Waals surface area (Å²) in [5, 5.41) is 41.3. The number of phenolic OH excluding ortho intramolecular Hbond substituents is 2. The first kappa shape index (κ1) is 40.6. The molecule has 9 heteroatoms. The van der Waals surface area contributed by atoms with E-state index < -0.39 is 11.9 Å². The number of hydrogen-bond acceptors (Lipinski definition) is 8. The Morgan fingerprint density at radius 3 is 1.30 bits per heavy atom. The summed E-state index contributed by atoms with van der Waals surface area (Å²) in [6.07, 6.45) is 5.32. The molecule has 1 radical (unpaired) electrons. The van der Waals surface area contributed by atoms with Crippen molar-refractivity contribution in [3.8, 4) is 11.5 Å². The van der Waals surface area contributed by atoms with Gasteiger partial charge in [-0.15, -0.1) is 0 Å². The molecule has 4 aromatic rings. The van der Waals surface area contributed by atoms with Crippen LogP contribution < -0.4 is 10.2 Å². The fraction of sp³-hybridized carbons (Fsp3) is 0.316. The fourth-order valence-corrected chi connectivity index (χ4v) is 4.84. The van der Waals surface area contributed by atoms with Crippen LogP contribution in [0.5, 0.6) is 11.5 Å². The molecule has 0 fully saturated rings. The number of rotatable bonds is 8. The van der Waals surface area contributed by atoms with Gasteiger partial charge in [0.25, 0.3) is 0 Å². The molecule has 4 aromatic carbocycles. The third-order valence-corrected chi connectivity index (χ3v) is 6.60. The van der Waals surface area contributed by atoms with Crippen LogP contribution in [0.25, 0.3) is 10.8 Å². The maximum atomic E-state index is 10.7. The van der Waals surface area contributed by atoms with Gasteiger partial charge in [0.2, 0.25) is 0 Å². The van der Waals surface area contributed by atoms with E-state index in [4.69, 9.17) is 29.8 Å². The number of fused-ring (bicyclic) bond motifs is 1. The van der Waals surface area contributed by atoms with Crippen LogP contribution in [0.3, 0.4) is 0 Å². The number of benzene rings is 4. The van der Waals surface area contributed by atoms with Gasteiger partial charge in [-0.05, 0) is 110 Å². The molecule has 0 unspecified atom stereocenters. The van der Waals surface area contributed by atoms with Crippen LogP contribution in [0.4, 0.5) is 11.4 Å². The normalized spacial score (nSPS) is 10.9. The van der Waals surface area contributed by atoms with Crippen LogP contribution in [0.15, 0.2) is 70.6 Å². The fourth-order valence-electron chi connectivity index (χ4n) is 4.84. The van der Waals surface area contributed by atoms with E-state index in [-0.39, 0.29) is 28.3 Å². The van der Waals surface area contributed by atoms with Gasteiger partial charge in [-0.25, -0.2) is 0 Å². The van der Waals surface area contributed by atoms with Gasteiger partial charge < -0.3 is 30.0 Å². The molecule has 0 saturated carbocycles. The molecule has 4 rings (SSSR count). The average molecular weight is 684 g/mol. The summed E-state index contributed by atoms with van der Waals surface area (Å²) in [4.78, 5) is 27.4. The summed E-state index contributed by atoms with van der Waals surface area (Å²) < 4.78 is 0. The summed E-state index contributed by atoms with van der Waals surface area (Å²) in [5.74, 6) is -0.641. The van der Waals surface area contributed by atoms with Gasteiger partial charge in [0.05, 0.1) is 11.4 Å². The molecule has 47 heavy (non-hydrogen) atoms. The number of carbonyl (C=O) groups is 2. The van der Waals surface area contributed by atoms with E-state index in [0.717, 1.165) is 48.6 Å². The Morgan fingerprint density at radius 2 is 1.00 bits per heavy atom. The Morgan fingerprint density at radius 1 is 0.681 bits per heavy atom. The van der Waals surface area contributed by atoms with Gasteiger partial charge in [-0.1, -0.05) is 64.1 Å². The average Bonchev–Trinajstić information content (AvgIpc) is 2.93. The molecule has 0 aromatic heterocycles. The number of carboxylic acid groups (broad SMARTS) is 2. The summed E-state index contributed by atoms with van der Waals surface area (Å²) in [6, 6.07) is 20.2. The quantitative estimate of drug-likeness (QED) is 0.209. The Balaban J connectivity index is 0.00000110. The summed E-state index contributed by atoms with van der Waals surface area (Å²) >= 11 is 0. The summed E-state index contributed by atoms with van der Waals surface area (Å²) in [5.41, 5.74) is 6.82. The van der Waals surface area contributed by atoms with Crippen LogP contribution in [0, 0.1) is 25.7 Å². The predicted octanol–water partition coefficient (Wildman–Crippen LogP) is 6.28. The summed E-state index contributed by atoms with van der Waals surface area (Å²) in [7, 11) is 0. The molecule has 0 aliphatic rings. The molecule has 8 nitrogen and oxygen atoms in total. The van der Waals surface area contributed by atoms with Crippen LogP contribution in [0.1, 0.15) is 74.9 Å². The molecule has 251 valence electrons. The Bertz CT molecular complexity index is 1590. The molecular weight excluding hydrogens is 639 g/mol. The minimum atomic E-state index is -1.08. The zero-order valence-electron chi connectivity index (χ0n) is 28.3. The molecule has 0 bridgehead atoms. The number of phenols is 2. The van der Waals surface area contributed by atoms with Crippen molar-refractivity contribution in [1.29, 1.82) is 0 Å². The SMILES string of the molecule is CC(=O)[O-].CC(=O)[O-].Cc1cc(CC(C)C)cc(C=Nc2cc3ccccc3cc2N=Cc2cc(CC(C)C)cc(C)c2O)c1O.[Co+2]. The number of carbonyl (C=O) groups excluding carboxylic acids is 2. The van der Waals surface area contributed by atoms with Crippen molar-refractivity contribution in [2.24, 2.45) is 21.8 Å². The molecule has 0 heterocycles. The van der Waals surface area contributed by atoms with E-state index in [2.05, 4.69) is 39.8 Å². The predicted molar refractivity (Wildman–Crippen MR) is 183 cm³/mol. The van der Waals surface area contributed by atoms with Crippen LogP contribution in [-0.2, 0) is 39.2 Å². The molecule has 0 atom stereocenters. The van der Waals surface area contributed by atoms with Crippen molar-refractivity contribution >= 4 is 46.5 Å². The van der Waals surface area contributed by atoms with Gasteiger partial charge >= 0.3 is 16.8 Å². The zero-order chi connectivity index (χ0) is 34.6. The van der Waals surface area contributed by atoms with Crippen molar-refractivity contribution in [3.05, 3.63) is 94.0 Å².